The maximum Gasteiger partial charge on any atom is 0.265 e. The fraction of sp³-hybridized carbons (Fsp3) is 0.0909. The summed E-state index contributed by atoms with van der Waals surface area (Å²) < 4.78 is 5.47. The highest BCUT2D eigenvalue weighted by molar-refractivity contribution is 9.10. The molecule has 0 bridgehead atoms. The average Bonchev–Trinajstić information content (AvgIpc) is 2.33. The van der Waals surface area contributed by atoms with E-state index in [9.17, 15) is 4.79 Å². The van der Waals surface area contributed by atoms with E-state index in [2.05, 4.69) is 25.9 Å². The number of rotatable bonds is 2. The van der Waals surface area contributed by atoms with Crippen molar-refractivity contribution in [2.75, 3.05) is 7.11 Å². The Hall–Kier alpha value is -1.62. The molecule has 1 aromatic carbocycles. The Morgan fingerprint density at radius 1 is 1.31 bits per heavy atom. The summed E-state index contributed by atoms with van der Waals surface area (Å²) in [6, 6.07) is 7.31. The molecule has 1 heterocycles. The minimum absolute atomic E-state index is 0.194. The molecule has 4 nitrogen and oxygen atoms in total. The number of hydrogen-bond acceptors (Lipinski definition) is 3. The molecule has 2 aromatic rings. The number of ether oxygens (including phenoxy) is 1. The fourth-order valence-corrected chi connectivity index (χ4v) is 1.48. The summed E-state index contributed by atoms with van der Waals surface area (Å²) in [5.41, 5.74) is 0.645. The highest BCUT2D eigenvalue weighted by atomic mass is 79.9. The molecule has 1 N–H and O–H groups in total. The predicted molar refractivity (Wildman–Crippen MR) is 64.5 cm³/mol. The van der Waals surface area contributed by atoms with Crippen molar-refractivity contribution in [1.82, 2.24) is 9.97 Å². The van der Waals surface area contributed by atoms with Crippen LogP contribution in [0.25, 0.3) is 11.4 Å². The number of nitrogens with zero attached hydrogens (tertiary/aromatic N) is 1. The van der Waals surface area contributed by atoms with E-state index < -0.39 is 0 Å². The van der Waals surface area contributed by atoms with Crippen molar-refractivity contribution in [1.29, 1.82) is 0 Å². The van der Waals surface area contributed by atoms with Gasteiger partial charge in [0.1, 0.15) is 16.0 Å². The summed E-state index contributed by atoms with van der Waals surface area (Å²) in [4.78, 5) is 18.2. The van der Waals surface area contributed by atoms with Gasteiger partial charge in [0.15, 0.2) is 0 Å². The largest absolute Gasteiger partial charge is 0.497 e. The number of aromatic nitrogens is 2. The third kappa shape index (κ3) is 2.14. The summed E-state index contributed by atoms with van der Waals surface area (Å²) in [6.07, 6.45) is 1.48. The van der Waals surface area contributed by atoms with Crippen molar-refractivity contribution in [2.45, 2.75) is 0 Å². The maximum atomic E-state index is 11.4. The quantitative estimate of drug-likeness (QED) is 0.918. The third-order valence-corrected chi connectivity index (χ3v) is 2.68. The number of nitrogens with one attached hydrogen (secondary N) is 1. The van der Waals surface area contributed by atoms with Crippen LogP contribution in [0.5, 0.6) is 5.75 Å². The van der Waals surface area contributed by atoms with E-state index in [-0.39, 0.29) is 5.56 Å². The molecule has 0 saturated carbocycles. The molecule has 2 rings (SSSR count). The van der Waals surface area contributed by atoms with Crippen molar-refractivity contribution in [3.05, 3.63) is 45.3 Å². The summed E-state index contributed by atoms with van der Waals surface area (Å²) in [5, 5.41) is 0. The van der Waals surface area contributed by atoms with E-state index in [0.29, 0.717) is 10.3 Å². The van der Waals surface area contributed by atoms with Crippen molar-refractivity contribution in [2.24, 2.45) is 0 Å². The first-order chi connectivity index (χ1) is 7.70. The van der Waals surface area contributed by atoms with Crippen molar-refractivity contribution in [3.8, 4) is 17.1 Å². The summed E-state index contributed by atoms with van der Waals surface area (Å²) in [7, 11) is 1.61. The molecule has 0 aliphatic heterocycles. The molecule has 1 aromatic heterocycles. The van der Waals surface area contributed by atoms with Gasteiger partial charge >= 0.3 is 0 Å². The Kier molecular flexibility index (Phi) is 3.05. The second-order valence-electron chi connectivity index (χ2n) is 3.14. The molecule has 0 spiro atoms. The van der Waals surface area contributed by atoms with E-state index in [1.807, 2.05) is 24.3 Å². The minimum atomic E-state index is -0.194. The first-order valence-electron chi connectivity index (χ1n) is 4.60. The molecule has 5 heteroatoms. The smallest absolute Gasteiger partial charge is 0.265 e. The van der Waals surface area contributed by atoms with Gasteiger partial charge in [0.25, 0.3) is 5.56 Å². The van der Waals surface area contributed by atoms with Crippen molar-refractivity contribution < 1.29 is 4.74 Å². The summed E-state index contributed by atoms with van der Waals surface area (Å²) in [6.45, 7) is 0. The molecule has 0 fully saturated rings. The van der Waals surface area contributed by atoms with E-state index in [1.54, 1.807) is 7.11 Å². The van der Waals surface area contributed by atoms with Crippen LogP contribution in [0, 0.1) is 0 Å². The fourth-order valence-electron chi connectivity index (χ4n) is 1.27. The summed E-state index contributed by atoms with van der Waals surface area (Å²) in [5.74, 6) is 1.30. The SMILES string of the molecule is COc1ccc(-c2ncc(Br)c(=O)[nH]2)cc1. The standard InChI is InChI=1S/C11H9BrN2O2/c1-16-8-4-2-7(3-5-8)10-13-6-9(12)11(15)14-10/h2-6H,1H3,(H,13,14,15). The lowest BCUT2D eigenvalue weighted by Gasteiger charge is -2.02. The molecule has 0 unspecified atom stereocenters. The van der Waals surface area contributed by atoms with Gasteiger partial charge in [-0.25, -0.2) is 4.98 Å². The van der Waals surface area contributed by atoms with Gasteiger partial charge in [-0.15, -0.1) is 0 Å². The molecule has 0 amide bonds. The molecule has 0 radical (unpaired) electrons. The molecular formula is C11H9BrN2O2. The third-order valence-electron chi connectivity index (χ3n) is 2.12. The van der Waals surface area contributed by atoms with Crippen molar-refractivity contribution >= 4 is 15.9 Å². The normalized spacial score (nSPS) is 10.1. The topological polar surface area (TPSA) is 55.0 Å². The zero-order valence-electron chi connectivity index (χ0n) is 8.53. The zero-order chi connectivity index (χ0) is 11.5. The van der Waals surface area contributed by atoms with Gasteiger partial charge in [-0.1, -0.05) is 0 Å². The molecular weight excluding hydrogens is 272 g/mol. The lowest BCUT2D eigenvalue weighted by molar-refractivity contribution is 0.415. The van der Waals surface area contributed by atoms with Gasteiger partial charge in [-0.2, -0.15) is 0 Å². The molecule has 0 aliphatic carbocycles. The van der Waals surface area contributed by atoms with Gasteiger partial charge in [0, 0.05) is 11.8 Å². The van der Waals surface area contributed by atoms with Crippen LogP contribution in [-0.2, 0) is 0 Å². The highest BCUT2D eigenvalue weighted by Crippen LogP contribution is 2.18. The molecule has 0 saturated heterocycles. The van der Waals surface area contributed by atoms with Crippen LogP contribution in [-0.4, -0.2) is 17.1 Å². The Bertz CT molecular complexity index is 549. The van der Waals surface area contributed by atoms with Gasteiger partial charge < -0.3 is 9.72 Å². The number of halogens is 1. The Morgan fingerprint density at radius 3 is 2.56 bits per heavy atom. The van der Waals surface area contributed by atoms with Gasteiger partial charge in [-0.05, 0) is 40.2 Å². The number of aromatic amines is 1. The van der Waals surface area contributed by atoms with E-state index in [4.69, 9.17) is 4.74 Å². The first kappa shape index (κ1) is 10.9. The monoisotopic (exact) mass is 280 g/mol. The minimum Gasteiger partial charge on any atom is -0.497 e. The van der Waals surface area contributed by atoms with Crippen LogP contribution >= 0.6 is 15.9 Å². The van der Waals surface area contributed by atoms with E-state index in [0.717, 1.165) is 11.3 Å². The molecule has 0 aliphatic rings. The van der Waals surface area contributed by atoms with E-state index in [1.165, 1.54) is 6.20 Å². The highest BCUT2D eigenvalue weighted by Gasteiger charge is 2.02. The predicted octanol–water partition coefficient (Wildman–Crippen LogP) is 2.21. The van der Waals surface area contributed by atoms with Crippen LogP contribution in [0.3, 0.4) is 0 Å². The van der Waals surface area contributed by atoms with Crippen LogP contribution in [0.15, 0.2) is 39.7 Å². The molecule has 82 valence electrons. The second-order valence-corrected chi connectivity index (χ2v) is 3.99. The van der Waals surface area contributed by atoms with Crippen LogP contribution in [0.1, 0.15) is 0 Å². The molecule has 16 heavy (non-hydrogen) atoms. The van der Waals surface area contributed by atoms with Gasteiger partial charge in [0.05, 0.1) is 7.11 Å². The van der Waals surface area contributed by atoms with Gasteiger partial charge in [-0.3, -0.25) is 4.79 Å². The lowest BCUT2D eigenvalue weighted by atomic mass is 10.2. The Balaban J connectivity index is 2.42. The number of H-pyrrole nitrogens is 1. The lowest BCUT2D eigenvalue weighted by Crippen LogP contribution is -2.08. The second kappa shape index (κ2) is 4.49. The summed E-state index contributed by atoms with van der Waals surface area (Å²) >= 11 is 3.10. The number of benzene rings is 1. The van der Waals surface area contributed by atoms with Gasteiger partial charge in [0.2, 0.25) is 0 Å². The van der Waals surface area contributed by atoms with Crippen LogP contribution < -0.4 is 10.3 Å². The first-order valence-corrected chi connectivity index (χ1v) is 5.39. The van der Waals surface area contributed by atoms with Crippen LogP contribution in [0.2, 0.25) is 0 Å². The molecule has 0 atom stereocenters. The average molecular weight is 281 g/mol. The van der Waals surface area contributed by atoms with Crippen LogP contribution in [0.4, 0.5) is 0 Å². The Morgan fingerprint density at radius 2 is 2.00 bits per heavy atom. The number of hydrogen-bond donors (Lipinski definition) is 1. The number of methoxy groups -OCH3 is 1. The maximum absolute atomic E-state index is 11.4. The Labute approximate surface area is 100 Å². The zero-order valence-corrected chi connectivity index (χ0v) is 10.1. The van der Waals surface area contributed by atoms with E-state index >= 15 is 0 Å². The van der Waals surface area contributed by atoms with Crippen molar-refractivity contribution in [3.63, 3.8) is 0 Å².